The Bertz CT molecular complexity index is 3610. The van der Waals surface area contributed by atoms with Gasteiger partial charge in [0.2, 0.25) is 0 Å². The number of fused-ring (bicyclic) bond motifs is 7. The van der Waals surface area contributed by atoms with Crippen LogP contribution < -0.4 is 4.90 Å². The number of nitrogens with zero attached hydrogens (tertiary/aromatic N) is 1. The van der Waals surface area contributed by atoms with Crippen LogP contribution in [0.25, 0.3) is 95.6 Å². The molecule has 0 unspecified atom stereocenters. The van der Waals surface area contributed by atoms with Gasteiger partial charge in [-0.15, -0.1) is 22.7 Å². The van der Waals surface area contributed by atoms with E-state index in [-0.39, 0.29) is 0 Å². The molecule has 3 heteroatoms. The lowest BCUT2D eigenvalue weighted by Gasteiger charge is -2.28. The van der Waals surface area contributed by atoms with Crippen LogP contribution in [0.3, 0.4) is 0 Å². The minimum atomic E-state index is 1.10. The summed E-state index contributed by atoms with van der Waals surface area (Å²) in [4.78, 5) is 2.43. The molecule has 0 N–H and O–H groups in total. The van der Waals surface area contributed by atoms with Gasteiger partial charge in [-0.1, -0.05) is 164 Å². The Morgan fingerprint density at radius 3 is 1.72 bits per heavy atom. The van der Waals surface area contributed by atoms with Gasteiger partial charge in [-0.05, 0) is 110 Å². The molecule has 61 heavy (non-hydrogen) atoms. The Morgan fingerprint density at radius 1 is 0.279 bits per heavy atom. The van der Waals surface area contributed by atoms with Gasteiger partial charge >= 0.3 is 0 Å². The van der Waals surface area contributed by atoms with Crippen molar-refractivity contribution in [1.82, 2.24) is 0 Å². The van der Waals surface area contributed by atoms with Gasteiger partial charge in [0.25, 0.3) is 0 Å². The minimum absolute atomic E-state index is 1.10. The normalized spacial score (nSPS) is 11.6. The van der Waals surface area contributed by atoms with Crippen molar-refractivity contribution in [3.8, 4) is 44.5 Å². The number of hydrogen-bond acceptors (Lipinski definition) is 3. The van der Waals surface area contributed by atoms with Crippen molar-refractivity contribution >= 4 is 90.9 Å². The van der Waals surface area contributed by atoms with E-state index in [1.807, 2.05) is 22.7 Å². The standard InChI is InChI=1S/C58H37NS2/c1-2-13-40-34-43(27-26-38(40)12-1)39-28-31-46(32-29-39)59(54-23-6-3-18-48(54)45-30-33-52-50-19-4-7-24-55(50)60-57(52)37-45)47-17-10-15-42(36-47)41-14-9-16-44(35-41)49-21-11-22-53-51-20-5-8-25-56(51)61-58(49)53/h1-37H. The van der Waals surface area contributed by atoms with Gasteiger partial charge in [0, 0.05) is 57.3 Å². The van der Waals surface area contributed by atoms with Crippen LogP contribution in [0.2, 0.25) is 0 Å². The van der Waals surface area contributed by atoms with Gasteiger partial charge < -0.3 is 4.90 Å². The van der Waals surface area contributed by atoms with Crippen molar-refractivity contribution in [3.05, 3.63) is 224 Å². The highest BCUT2D eigenvalue weighted by Gasteiger charge is 2.19. The smallest absolute Gasteiger partial charge is 0.0540 e. The molecule has 0 aliphatic heterocycles. The number of benzene rings is 10. The lowest BCUT2D eigenvalue weighted by molar-refractivity contribution is 1.28. The Morgan fingerprint density at radius 2 is 0.852 bits per heavy atom. The average Bonchev–Trinajstić information content (AvgIpc) is 3.90. The number of hydrogen-bond donors (Lipinski definition) is 0. The Balaban J connectivity index is 0.986. The summed E-state index contributed by atoms with van der Waals surface area (Å²) in [5, 5.41) is 7.76. The quantitative estimate of drug-likeness (QED) is 0.155. The van der Waals surface area contributed by atoms with E-state index >= 15 is 0 Å². The summed E-state index contributed by atoms with van der Waals surface area (Å²) in [6, 6.07) is 82.5. The third-order valence-corrected chi connectivity index (χ3v) is 14.4. The molecule has 0 amide bonds. The van der Waals surface area contributed by atoms with Crippen LogP contribution in [0, 0.1) is 0 Å². The molecule has 0 saturated carbocycles. The number of rotatable bonds is 7. The Kier molecular flexibility index (Phi) is 8.62. The second-order valence-electron chi connectivity index (χ2n) is 15.7. The zero-order chi connectivity index (χ0) is 40.3. The fraction of sp³-hybridized carbons (Fsp3) is 0. The molecule has 0 spiro atoms. The first-order valence-electron chi connectivity index (χ1n) is 20.7. The van der Waals surface area contributed by atoms with Crippen LogP contribution in [0.15, 0.2) is 224 Å². The monoisotopic (exact) mass is 811 g/mol. The molecule has 12 rings (SSSR count). The predicted molar refractivity (Wildman–Crippen MR) is 266 cm³/mol. The zero-order valence-electron chi connectivity index (χ0n) is 33.1. The molecule has 0 bridgehead atoms. The van der Waals surface area contributed by atoms with Gasteiger partial charge in [-0.2, -0.15) is 0 Å². The van der Waals surface area contributed by atoms with Crippen molar-refractivity contribution in [2.24, 2.45) is 0 Å². The Hall–Kier alpha value is -7.30. The van der Waals surface area contributed by atoms with Crippen molar-refractivity contribution in [2.75, 3.05) is 4.90 Å². The molecule has 0 aliphatic carbocycles. The first-order valence-corrected chi connectivity index (χ1v) is 22.4. The summed E-state index contributed by atoms with van der Waals surface area (Å²) in [5.41, 5.74) is 13.0. The van der Waals surface area contributed by atoms with Crippen LogP contribution in [0.5, 0.6) is 0 Å². The van der Waals surface area contributed by atoms with Gasteiger partial charge in [0.15, 0.2) is 0 Å². The predicted octanol–water partition coefficient (Wildman–Crippen LogP) is 17.7. The second-order valence-corrected chi connectivity index (χ2v) is 17.8. The van der Waals surface area contributed by atoms with Gasteiger partial charge in [0.05, 0.1) is 5.69 Å². The van der Waals surface area contributed by atoms with Crippen LogP contribution in [-0.4, -0.2) is 0 Å². The molecule has 12 aromatic rings. The van der Waals surface area contributed by atoms with Crippen LogP contribution in [0.4, 0.5) is 17.1 Å². The van der Waals surface area contributed by atoms with Crippen LogP contribution in [-0.2, 0) is 0 Å². The molecule has 0 saturated heterocycles. The van der Waals surface area contributed by atoms with Crippen LogP contribution >= 0.6 is 22.7 Å². The number of anilines is 3. The van der Waals surface area contributed by atoms with E-state index in [1.54, 1.807) is 0 Å². The maximum Gasteiger partial charge on any atom is 0.0540 e. The molecule has 2 heterocycles. The molecule has 286 valence electrons. The average molecular weight is 812 g/mol. The first-order chi connectivity index (χ1) is 30.2. The summed E-state index contributed by atoms with van der Waals surface area (Å²) in [7, 11) is 0. The molecule has 2 aromatic heterocycles. The highest BCUT2D eigenvalue weighted by Crippen LogP contribution is 2.45. The van der Waals surface area contributed by atoms with Crippen molar-refractivity contribution in [2.45, 2.75) is 0 Å². The van der Waals surface area contributed by atoms with Gasteiger partial charge in [-0.25, -0.2) is 0 Å². The molecule has 0 atom stereocenters. The molecule has 0 fully saturated rings. The van der Waals surface area contributed by atoms with E-state index in [9.17, 15) is 0 Å². The third kappa shape index (κ3) is 6.29. The first kappa shape index (κ1) is 35.6. The zero-order valence-corrected chi connectivity index (χ0v) is 34.8. The SMILES string of the molecule is c1cc(-c2cccc(N(c3ccc(-c4ccc5ccccc5c4)cc3)c3ccccc3-c3ccc4c(c3)sc3ccccc34)c2)cc(-c2cccc3c2sc2ccccc23)c1. The lowest BCUT2D eigenvalue weighted by atomic mass is 9.97. The maximum absolute atomic E-state index is 2.43. The molecule has 0 radical (unpaired) electrons. The summed E-state index contributed by atoms with van der Waals surface area (Å²) in [5.74, 6) is 0. The van der Waals surface area contributed by atoms with E-state index in [1.165, 1.54) is 95.6 Å². The number of para-hydroxylation sites is 1. The molecular weight excluding hydrogens is 775 g/mol. The van der Waals surface area contributed by atoms with Crippen LogP contribution in [0.1, 0.15) is 0 Å². The largest absolute Gasteiger partial charge is 0.310 e. The Labute approximate surface area is 362 Å². The third-order valence-electron chi connectivity index (χ3n) is 12.1. The van der Waals surface area contributed by atoms with Gasteiger partial charge in [0.1, 0.15) is 0 Å². The summed E-state index contributed by atoms with van der Waals surface area (Å²) in [6.45, 7) is 0. The van der Waals surface area contributed by atoms with E-state index in [4.69, 9.17) is 0 Å². The summed E-state index contributed by atoms with van der Waals surface area (Å²) in [6.07, 6.45) is 0. The van der Waals surface area contributed by atoms with Crippen molar-refractivity contribution in [1.29, 1.82) is 0 Å². The van der Waals surface area contributed by atoms with E-state index in [0.29, 0.717) is 0 Å². The van der Waals surface area contributed by atoms with Gasteiger partial charge in [-0.3, -0.25) is 0 Å². The molecule has 0 aliphatic rings. The molecule has 1 nitrogen and oxygen atoms in total. The van der Waals surface area contributed by atoms with Crippen molar-refractivity contribution in [3.63, 3.8) is 0 Å². The van der Waals surface area contributed by atoms with E-state index in [0.717, 1.165) is 17.1 Å². The highest BCUT2D eigenvalue weighted by molar-refractivity contribution is 7.26. The van der Waals surface area contributed by atoms with E-state index in [2.05, 4.69) is 229 Å². The second kappa shape index (κ2) is 14.8. The highest BCUT2D eigenvalue weighted by atomic mass is 32.1. The lowest BCUT2D eigenvalue weighted by Crippen LogP contribution is -2.11. The fourth-order valence-corrected chi connectivity index (χ4v) is 11.5. The van der Waals surface area contributed by atoms with Crippen molar-refractivity contribution < 1.29 is 0 Å². The minimum Gasteiger partial charge on any atom is -0.310 e. The topological polar surface area (TPSA) is 3.24 Å². The summed E-state index contributed by atoms with van der Waals surface area (Å²) >= 11 is 3.75. The fourth-order valence-electron chi connectivity index (χ4n) is 9.07. The number of thiophene rings is 2. The molecular formula is C58H37NS2. The molecule has 10 aromatic carbocycles. The maximum atomic E-state index is 2.43. The van der Waals surface area contributed by atoms with E-state index < -0.39 is 0 Å². The summed E-state index contributed by atoms with van der Waals surface area (Å²) < 4.78 is 5.27.